The number of rotatable bonds is 4. The maximum atomic E-state index is 13.7. The maximum Gasteiger partial charge on any atom is 0.135 e. The molecule has 2 unspecified atom stereocenters. The van der Waals surface area contributed by atoms with E-state index in [2.05, 4.69) is 6.92 Å². The second-order valence-electron chi connectivity index (χ2n) is 4.85. The summed E-state index contributed by atoms with van der Waals surface area (Å²) in [4.78, 5) is 2.17. The number of benzene rings is 1. The lowest BCUT2D eigenvalue weighted by atomic mass is 10.1. The zero-order valence-electron chi connectivity index (χ0n) is 10.1. The van der Waals surface area contributed by atoms with Crippen molar-refractivity contribution in [1.82, 2.24) is 0 Å². The van der Waals surface area contributed by atoms with Gasteiger partial charge in [0.25, 0.3) is 0 Å². The van der Waals surface area contributed by atoms with Gasteiger partial charge in [0.05, 0.1) is 5.56 Å². The van der Waals surface area contributed by atoms with Crippen molar-refractivity contribution in [2.75, 3.05) is 18.5 Å². The molecule has 0 amide bonds. The summed E-state index contributed by atoms with van der Waals surface area (Å²) in [6.07, 6.45) is 1.25. The monoisotopic (exact) mass is 252 g/mol. The molecule has 2 N–H and O–H groups in total. The van der Waals surface area contributed by atoms with Gasteiger partial charge in [-0.15, -0.1) is 0 Å². The fourth-order valence-electron chi connectivity index (χ4n) is 2.18. The molecule has 0 bridgehead atoms. The van der Waals surface area contributed by atoms with Gasteiger partial charge in [0.2, 0.25) is 0 Å². The van der Waals surface area contributed by atoms with Gasteiger partial charge in [-0.2, -0.15) is 0 Å². The first kappa shape index (κ1) is 12.3. The molecular formula is C13H17FN2S. The van der Waals surface area contributed by atoms with E-state index >= 15 is 0 Å². The molecule has 1 fully saturated rings. The highest BCUT2D eigenvalue weighted by molar-refractivity contribution is 7.80. The van der Waals surface area contributed by atoms with Crippen LogP contribution in [0.3, 0.4) is 0 Å². The van der Waals surface area contributed by atoms with Crippen molar-refractivity contribution >= 4 is 22.9 Å². The van der Waals surface area contributed by atoms with Gasteiger partial charge in [-0.25, -0.2) is 4.39 Å². The average Bonchev–Trinajstić information content (AvgIpc) is 2.93. The molecule has 2 atom stereocenters. The highest BCUT2D eigenvalue weighted by atomic mass is 32.1. The Morgan fingerprint density at radius 2 is 2.24 bits per heavy atom. The lowest BCUT2D eigenvalue weighted by molar-refractivity contribution is 0.623. The Labute approximate surface area is 107 Å². The molecule has 1 aliphatic carbocycles. The standard InChI is InChI=1S/C13H17FN2S/c1-8-6-9(8)7-16(2)11-5-3-4-10(14)12(11)13(15)17/h3-5,8-9H,6-7H2,1-2H3,(H2,15,17). The minimum absolute atomic E-state index is 0.119. The number of thiocarbonyl (C=S) groups is 1. The first-order valence-corrected chi connectivity index (χ1v) is 6.21. The van der Waals surface area contributed by atoms with Crippen LogP contribution >= 0.6 is 12.2 Å². The molecule has 1 saturated carbocycles. The zero-order valence-corrected chi connectivity index (χ0v) is 10.9. The highest BCUT2D eigenvalue weighted by Gasteiger charge is 2.33. The first-order chi connectivity index (χ1) is 8.00. The van der Waals surface area contributed by atoms with E-state index in [0.717, 1.165) is 18.2 Å². The molecular weight excluding hydrogens is 235 g/mol. The van der Waals surface area contributed by atoms with Gasteiger partial charge < -0.3 is 10.6 Å². The van der Waals surface area contributed by atoms with E-state index in [1.807, 2.05) is 18.0 Å². The van der Waals surface area contributed by atoms with Crippen molar-refractivity contribution in [3.63, 3.8) is 0 Å². The number of nitrogens with zero attached hydrogens (tertiary/aromatic N) is 1. The van der Waals surface area contributed by atoms with Crippen molar-refractivity contribution in [3.8, 4) is 0 Å². The predicted octanol–water partition coefficient (Wildman–Crippen LogP) is 2.55. The molecule has 92 valence electrons. The second-order valence-corrected chi connectivity index (χ2v) is 5.29. The summed E-state index contributed by atoms with van der Waals surface area (Å²) in [5.74, 6) is 1.15. The number of anilines is 1. The second kappa shape index (κ2) is 4.61. The Balaban J connectivity index is 2.24. The molecule has 0 radical (unpaired) electrons. The van der Waals surface area contributed by atoms with Crippen LogP contribution in [0.15, 0.2) is 18.2 Å². The summed E-state index contributed by atoms with van der Waals surface area (Å²) in [7, 11) is 1.96. The molecule has 0 spiro atoms. The van der Waals surface area contributed by atoms with E-state index in [1.54, 1.807) is 6.07 Å². The third kappa shape index (κ3) is 2.57. The largest absolute Gasteiger partial charge is 0.389 e. The van der Waals surface area contributed by atoms with Crippen molar-refractivity contribution in [2.45, 2.75) is 13.3 Å². The van der Waals surface area contributed by atoms with Crippen LogP contribution in [0.5, 0.6) is 0 Å². The summed E-state index contributed by atoms with van der Waals surface area (Å²) in [6.45, 7) is 3.17. The molecule has 0 aliphatic heterocycles. The van der Waals surface area contributed by atoms with Gasteiger partial charge in [0.15, 0.2) is 0 Å². The summed E-state index contributed by atoms with van der Waals surface area (Å²) in [5.41, 5.74) is 6.74. The minimum atomic E-state index is -0.342. The topological polar surface area (TPSA) is 29.3 Å². The van der Waals surface area contributed by atoms with Gasteiger partial charge in [-0.1, -0.05) is 25.2 Å². The lowest BCUT2D eigenvalue weighted by Gasteiger charge is -2.22. The Hall–Kier alpha value is -1.16. The van der Waals surface area contributed by atoms with Gasteiger partial charge in [0.1, 0.15) is 10.8 Å². The quantitative estimate of drug-likeness (QED) is 0.835. The van der Waals surface area contributed by atoms with Gasteiger partial charge >= 0.3 is 0 Å². The normalized spacial score (nSPS) is 22.3. The van der Waals surface area contributed by atoms with E-state index in [-0.39, 0.29) is 10.8 Å². The maximum absolute atomic E-state index is 13.7. The van der Waals surface area contributed by atoms with Crippen LogP contribution in [0.25, 0.3) is 0 Å². The average molecular weight is 252 g/mol. The Bertz CT molecular complexity index is 447. The summed E-state index contributed by atoms with van der Waals surface area (Å²) in [5, 5.41) is 0. The number of nitrogens with two attached hydrogens (primary N) is 1. The zero-order chi connectivity index (χ0) is 12.6. The Kier molecular flexibility index (Phi) is 3.33. The summed E-state index contributed by atoms with van der Waals surface area (Å²) < 4.78 is 13.7. The van der Waals surface area contributed by atoms with Crippen LogP contribution in [0.4, 0.5) is 10.1 Å². The van der Waals surface area contributed by atoms with Crippen LogP contribution in [-0.2, 0) is 0 Å². The van der Waals surface area contributed by atoms with Crippen molar-refractivity contribution in [2.24, 2.45) is 17.6 Å². The Morgan fingerprint density at radius 3 is 2.76 bits per heavy atom. The van der Waals surface area contributed by atoms with E-state index in [1.165, 1.54) is 12.5 Å². The number of hydrogen-bond acceptors (Lipinski definition) is 2. The molecule has 1 aromatic rings. The number of hydrogen-bond donors (Lipinski definition) is 1. The first-order valence-electron chi connectivity index (χ1n) is 5.80. The molecule has 17 heavy (non-hydrogen) atoms. The van der Waals surface area contributed by atoms with Gasteiger partial charge in [0, 0.05) is 19.3 Å². The molecule has 0 heterocycles. The summed E-state index contributed by atoms with van der Waals surface area (Å²) >= 11 is 4.92. The van der Waals surface area contributed by atoms with E-state index in [9.17, 15) is 4.39 Å². The van der Waals surface area contributed by atoms with Crippen LogP contribution in [0.2, 0.25) is 0 Å². The molecule has 4 heteroatoms. The predicted molar refractivity (Wildman–Crippen MR) is 72.8 cm³/mol. The van der Waals surface area contributed by atoms with Crippen LogP contribution in [-0.4, -0.2) is 18.6 Å². The van der Waals surface area contributed by atoms with E-state index in [4.69, 9.17) is 18.0 Å². The molecule has 1 aliphatic rings. The van der Waals surface area contributed by atoms with Gasteiger partial charge in [-0.3, -0.25) is 0 Å². The third-order valence-electron chi connectivity index (χ3n) is 3.43. The van der Waals surface area contributed by atoms with E-state index in [0.29, 0.717) is 11.5 Å². The van der Waals surface area contributed by atoms with Crippen molar-refractivity contribution in [1.29, 1.82) is 0 Å². The summed E-state index contributed by atoms with van der Waals surface area (Å²) in [6, 6.07) is 4.95. The molecule has 0 saturated heterocycles. The van der Waals surface area contributed by atoms with Crippen molar-refractivity contribution in [3.05, 3.63) is 29.6 Å². The molecule has 0 aromatic heterocycles. The Morgan fingerprint density at radius 1 is 1.59 bits per heavy atom. The molecule has 2 nitrogen and oxygen atoms in total. The van der Waals surface area contributed by atoms with Crippen LogP contribution < -0.4 is 10.6 Å². The third-order valence-corrected chi connectivity index (χ3v) is 3.64. The highest BCUT2D eigenvalue weighted by Crippen LogP contribution is 2.39. The van der Waals surface area contributed by atoms with Gasteiger partial charge in [-0.05, 0) is 30.4 Å². The van der Waals surface area contributed by atoms with Crippen molar-refractivity contribution < 1.29 is 4.39 Å². The minimum Gasteiger partial charge on any atom is -0.389 e. The smallest absolute Gasteiger partial charge is 0.135 e. The SMILES string of the molecule is CC1CC1CN(C)c1cccc(F)c1C(N)=S. The lowest BCUT2D eigenvalue weighted by Crippen LogP contribution is -2.25. The molecule has 1 aromatic carbocycles. The fraction of sp³-hybridized carbons (Fsp3) is 0.462. The molecule has 2 rings (SSSR count). The number of halogens is 1. The van der Waals surface area contributed by atoms with E-state index < -0.39 is 0 Å². The fourth-order valence-corrected chi connectivity index (χ4v) is 2.38. The van der Waals surface area contributed by atoms with Crippen LogP contribution in [0.1, 0.15) is 18.9 Å². The van der Waals surface area contributed by atoms with Crippen LogP contribution in [0, 0.1) is 17.7 Å².